The van der Waals surface area contributed by atoms with Crippen molar-refractivity contribution in [2.75, 3.05) is 0 Å². The second-order valence-electron chi connectivity index (χ2n) is 10.3. The number of hydrogen-bond acceptors (Lipinski definition) is 3. The average molecular weight is 555 g/mol. The number of nitrogens with zero attached hydrogens (tertiary/aromatic N) is 2. The molecule has 0 spiro atoms. The average Bonchev–Trinajstić information content (AvgIpc) is 3.46. The van der Waals surface area contributed by atoms with Gasteiger partial charge in [0.2, 0.25) is 0 Å². The topological polar surface area (TPSA) is 36.1 Å². The molecule has 0 aliphatic carbocycles. The van der Waals surface area contributed by atoms with Crippen LogP contribution in [0, 0.1) is 11.3 Å². The van der Waals surface area contributed by atoms with Gasteiger partial charge in [0.1, 0.15) is 0 Å². The Balaban J connectivity index is 1.51. The summed E-state index contributed by atoms with van der Waals surface area (Å²) >= 11 is 1.84. The van der Waals surface area contributed by atoms with Crippen LogP contribution < -0.4 is 0 Å². The van der Waals surface area contributed by atoms with E-state index in [-0.39, 0.29) is 0 Å². The Morgan fingerprint density at radius 3 is 1.93 bits per heavy atom. The lowest BCUT2D eigenvalue weighted by Crippen LogP contribution is -1.89. The summed E-state index contributed by atoms with van der Waals surface area (Å²) in [6.45, 7) is 0.631. The molecule has 6 aromatic carbocycles. The molecule has 0 aliphatic rings. The van der Waals surface area contributed by atoms with Crippen LogP contribution in [-0.4, -0.2) is 6.21 Å². The van der Waals surface area contributed by atoms with E-state index in [9.17, 15) is 5.26 Å². The van der Waals surface area contributed by atoms with E-state index in [0.717, 1.165) is 16.7 Å². The van der Waals surface area contributed by atoms with E-state index >= 15 is 0 Å². The predicted molar refractivity (Wildman–Crippen MR) is 178 cm³/mol. The lowest BCUT2D eigenvalue weighted by Gasteiger charge is -2.10. The molecule has 1 heterocycles. The Hall–Kier alpha value is -5.30. The third-order valence-corrected chi connectivity index (χ3v) is 8.89. The third kappa shape index (κ3) is 4.90. The summed E-state index contributed by atoms with van der Waals surface area (Å²) in [5.41, 5.74) is 10.0. The normalized spacial score (nSPS) is 11.3. The zero-order chi connectivity index (χ0) is 28.3. The molecule has 0 atom stereocenters. The van der Waals surface area contributed by atoms with Crippen molar-refractivity contribution in [3.8, 4) is 39.4 Å². The van der Waals surface area contributed by atoms with Crippen LogP contribution in [0.25, 0.3) is 53.6 Å². The molecule has 0 radical (unpaired) electrons. The zero-order valence-corrected chi connectivity index (χ0v) is 23.7. The van der Waals surface area contributed by atoms with Gasteiger partial charge in [0, 0.05) is 37.5 Å². The van der Waals surface area contributed by atoms with Crippen LogP contribution >= 0.6 is 11.3 Å². The van der Waals surface area contributed by atoms with Crippen LogP contribution in [0.4, 0.5) is 0 Å². The molecule has 7 aromatic rings. The first-order valence-corrected chi connectivity index (χ1v) is 14.8. The predicted octanol–water partition coefficient (Wildman–Crippen LogP) is 10.5. The van der Waals surface area contributed by atoms with E-state index in [0.29, 0.717) is 12.1 Å². The summed E-state index contributed by atoms with van der Waals surface area (Å²) in [6.07, 6.45) is 2.03. The number of aliphatic imine (C=N–C) groups is 1. The lowest BCUT2D eigenvalue weighted by molar-refractivity contribution is 1.08. The maximum Gasteiger partial charge on any atom is 0.0991 e. The van der Waals surface area contributed by atoms with Gasteiger partial charge in [-0.25, -0.2) is 0 Å². The highest BCUT2D eigenvalue weighted by molar-refractivity contribution is 7.27. The van der Waals surface area contributed by atoms with Crippen molar-refractivity contribution >= 4 is 37.7 Å². The van der Waals surface area contributed by atoms with E-state index in [2.05, 4.69) is 115 Å². The second-order valence-corrected chi connectivity index (χ2v) is 11.3. The molecule has 0 saturated heterocycles. The van der Waals surface area contributed by atoms with Crippen LogP contribution in [0.15, 0.2) is 145 Å². The highest BCUT2D eigenvalue weighted by Crippen LogP contribution is 2.46. The van der Waals surface area contributed by atoms with Gasteiger partial charge < -0.3 is 0 Å². The largest absolute Gasteiger partial charge is 0.288 e. The first-order valence-electron chi connectivity index (χ1n) is 14.0. The second kappa shape index (κ2) is 11.3. The molecule has 0 saturated carbocycles. The first kappa shape index (κ1) is 25.7. The Bertz CT molecular complexity index is 2080. The first-order chi connectivity index (χ1) is 20.8. The zero-order valence-electron chi connectivity index (χ0n) is 22.9. The van der Waals surface area contributed by atoms with E-state index in [4.69, 9.17) is 4.99 Å². The van der Waals surface area contributed by atoms with E-state index in [1.165, 1.54) is 48.0 Å². The van der Waals surface area contributed by atoms with Crippen LogP contribution in [0.5, 0.6) is 0 Å². The number of rotatable bonds is 6. The SMILES string of the molecule is N#Cc1ccc(-c2ccc(C=NCc3ccccc3)c3c2sc2c(-c4ccccc4)cc(-c4ccccc4)cc23)cc1. The number of fused-ring (bicyclic) bond motifs is 3. The molecule has 3 heteroatoms. The van der Waals surface area contributed by atoms with E-state index in [1.54, 1.807) is 0 Å². The van der Waals surface area contributed by atoms with Gasteiger partial charge in [-0.1, -0.05) is 115 Å². The summed E-state index contributed by atoms with van der Waals surface area (Å²) in [4.78, 5) is 4.88. The monoisotopic (exact) mass is 554 g/mol. The van der Waals surface area contributed by atoms with Gasteiger partial charge >= 0.3 is 0 Å². The molecular formula is C39H26N2S. The Labute approximate surface area is 249 Å². The van der Waals surface area contributed by atoms with Gasteiger partial charge in [0.15, 0.2) is 0 Å². The summed E-state index contributed by atoms with van der Waals surface area (Å²) in [5, 5.41) is 11.8. The minimum atomic E-state index is 0.631. The maximum atomic E-state index is 9.36. The molecule has 42 heavy (non-hydrogen) atoms. The maximum absolute atomic E-state index is 9.36. The van der Waals surface area contributed by atoms with Crippen LogP contribution in [0.2, 0.25) is 0 Å². The van der Waals surface area contributed by atoms with Gasteiger partial charge in [0.05, 0.1) is 18.2 Å². The molecule has 0 unspecified atom stereocenters. The number of benzene rings is 6. The van der Waals surface area contributed by atoms with Crippen LogP contribution in [0.3, 0.4) is 0 Å². The fourth-order valence-electron chi connectivity index (χ4n) is 5.53. The van der Waals surface area contributed by atoms with Crippen molar-refractivity contribution in [3.05, 3.63) is 156 Å². The Kier molecular flexibility index (Phi) is 6.90. The van der Waals surface area contributed by atoms with Gasteiger partial charge in [-0.3, -0.25) is 4.99 Å². The smallest absolute Gasteiger partial charge is 0.0991 e. The summed E-state index contributed by atoms with van der Waals surface area (Å²) in [7, 11) is 0. The molecule has 0 amide bonds. The Morgan fingerprint density at radius 2 is 1.24 bits per heavy atom. The van der Waals surface area contributed by atoms with Crippen LogP contribution in [-0.2, 0) is 6.54 Å². The molecule has 1 aromatic heterocycles. The summed E-state index contributed by atoms with van der Waals surface area (Å²) in [5.74, 6) is 0. The minimum absolute atomic E-state index is 0.631. The molecule has 7 rings (SSSR count). The van der Waals surface area contributed by atoms with Crippen molar-refractivity contribution in [1.29, 1.82) is 5.26 Å². The van der Waals surface area contributed by atoms with E-state index < -0.39 is 0 Å². The number of thiophene rings is 1. The highest BCUT2D eigenvalue weighted by atomic mass is 32.1. The van der Waals surface area contributed by atoms with Crippen molar-refractivity contribution in [2.24, 2.45) is 4.99 Å². The molecule has 0 N–H and O–H groups in total. The Morgan fingerprint density at radius 1 is 0.595 bits per heavy atom. The van der Waals surface area contributed by atoms with Gasteiger partial charge in [0.25, 0.3) is 0 Å². The van der Waals surface area contributed by atoms with Gasteiger partial charge in [-0.15, -0.1) is 11.3 Å². The van der Waals surface area contributed by atoms with Gasteiger partial charge in [-0.05, 0) is 57.6 Å². The fraction of sp³-hybridized carbons (Fsp3) is 0.0256. The van der Waals surface area contributed by atoms with Gasteiger partial charge in [-0.2, -0.15) is 5.26 Å². The molecular weight excluding hydrogens is 529 g/mol. The molecule has 0 fully saturated rings. The van der Waals surface area contributed by atoms with Crippen LogP contribution in [0.1, 0.15) is 16.7 Å². The fourth-order valence-corrected chi connectivity index (χ4v) is 6.92. The lowest BCUT2D eigenvalue weighted by atomic mass is 9.93. The summed E-state index contributed by atoms with van der Waals surface area (Å²) in [6, 6.07) is 50.8. The third-order valence-electron chi connectivity index (χ3n) is 7.62. The van der Waals surface area contributed by atoms with Crippen molar-refractivity contribution in [3.63, 3.8) is 0 Å². The van der Waals surface area contributed by atoms with E-state index in [1.807, 2.05) is 47.9 Å². The van der Waals surface area contributed by atoms with Crippen molar-refractivity contribution in [1.82, 2.24) is 0 Å². The minimum Gasteiger partial charge on any atom is -0.288 e. The number of nitriles is 1. The number of hydrogen-bond donors (Lipinski definition) is 0. The van der Waals surface area contributed by atoms with Crippen molar-refractivity contribution < 1.29 is 0 Å². The molecule has 0 aliphatic heterocycles. The quantitative estimate of drug-likeness (QED) is 0.188. The summed E-state index contributed by atoms with van der Waals surface area (Å²) < 4.78 is 2.48. The molecule has 198 valence electrons. The highest BCUT2D eigenvalue weighted by Gasteiger charge is 2.18. The molecule has 0 bridgehead atoms. The standard InChI is InChI=1S/C39H26N2S/c40-24-27-16-18-31(19-17-27)34-21-20-32(26-41-25-28-10-4-1-5-11-28)37-36-23-33(29-12-6-2-7-13-29)22-35(38(36)42-39(34)37)30-14-8-3-9-15-30/h1-23,26H,25H2. The van der Waals surface area contributed by atoms with Crippen molar-refractivity contribution in [2.45, 2.75) is 6.54 Å². The molecule has 2 nitrogen and oxygen atoms in total.